The lowest BCUT2D eigenvalue weighted by molar-refractivity contribution is -0.141. The third-order valence-electron chi connectivity index (χ3n) is 5.92. The highest BCUT2D eigenvalue weighted by Crippen LogP contribution is 2.20. The molecule has 0 aliphatic heterocycles. The number of carbonyl (C=O) groups is 2. The van der Waals surface area contributed by atoms with Crippen molar-refractivity contribution in [2.24, 2.45) is 0 Å². The van der Waals surface area contributed by atoms with Crippen LogP contribution in [-0.2, 0) is 22.6 Å². The van der Waals surface area contributed by atoms with Gasteiger partial charge in [0, 0.05) is 12.6 Å². The van der Waals surface area contributed by atoms with Gasteiger partial charge in [-0.2, -0.15) is 0 Å². The molecule has 2 aromatic rings. The van der Waals surface area contributed by atoms with Crippen molar-refractivity contribution in [2.45, 2.75) is 77.9 Å². The number of nitrogens with one attached hydrogen (secondary N) is 1. The molecule has 1 aliphatic rings. The smallest absolute Gasteiger partial charge is 0.243 e. The summed E-state index contributed by atoms with van der Waals surface area (Å²) in [6.45, 7) is 6.53. The van der Waals surface area contributed by atoms with Crippen LogP contribution in [0.1, 0.15) is 61.3 Å². The molecule has 160 valence electrons. The predicted molar refractivity (Wildman–Crippen MR) is 121 cm³/mol. The molecule has 0 spiro atoms. The molecule has 2 aromatic carbocycles. The van der Waals surface area contributed by atoms with Crippen LogP contribution >= 0.6 is 0 Å². The molecule has 0 radical (unpaired) electrons. The number of carbonyl (C=O) groups excluding carboxylic acids is 2. The van der Waals surface area contributed by atoms with Crippen molar-refractivity contribution in [3.8, 4) is 0 Å². The van der Waals surface area contributed by atoms with Crippen LogP contribution in [0.15, 0.2) is 48.5 Å². The standard InChI is InChI=1S/C26H34N2O2/c1-4-24(26(30)27-23-12-8-9-13-23)28(18-21-10-6-5-7-11-21)25(29)17-22-15-19(2)14-20(3)16-22/h5-7,10-11,14-16,23-24H,4,8-9,12-13,17-18H2,1-3H3,(H,27,30)/t24-/m0/s1. The predicted octanol–water partition coefficient (Wildman–Crippen LogP) is 4.71. The number of rotatable bonds is 8. The maximum atomic E-state index is 13.4. The van der Waals surface area contributed by atoms with E-state index in [1.807, 2.05) is 51.1 Å². The molecule has 1 fully saturated rings. The van der Waals surface area contributed by atoms with Gasteiger partial charge in [-0.15, -0.1) is 0 Å². The first kappa shape index (κ1) is 22.1. The van der Waals surface area contributed by atoms with E-state index in [9.17, 15) is 9.59 Å². The van der Waals surface area contributed by atoms with Gasteiger partial charge in [0.2, 0.25) is 11.8 Å². The van der Waals surface area contributed by atoms with Gasteiger partial charge in [0.15, 0.2) is 0 Å². The summed E-state index contributed by atoms with van der Waals surface area (Å²) >= 11 is 0. The molecule has 2 amide bonds. The van der Waals surface area contributed by atoms with Crippen molar-refractivity contribution in [3.05, 3.63) is 70.8 Å². The van der Waals surface area contributed by atoms with Crippen LogP contribution in [0.4, 0.5) is 0 Å². The fourth-order valence-corrected chi connectivity index (χ4v) is 4.51. The summed E-state index contributed by atoms with van der Waals surface area (Å²) in [4.78, 5) is 28.3. The number of benzene rings is 2. The summed E-state index contributed by atoms with van der Waals surface area (Å²) in [6.07, 6.45) is 5.32. The van der Waals surface area contributed by atoms with Crippen molar-refractivity contribution >= 4 is 11.8 Å². The molecule has 3 rings (SSSR count). The van der Waals surface area contributed by atoms with E-state index in [-0.39, 0.29) is 17.9 Å². The van der Waals surface area contributed by atoms with Gasteiger partial charge in [0.1, 0.15) is 6.04 Å². The molecule has 1 aliphatic carbocycles. The zero-order chi connectivity index (χ0) is 21.5. The maximum absolute atomic E-state index is 13.4. The Labute approximate surface area is 180 Å². The highest BCUT2D eigenvalue weighted by Gasteiger charge is 2.30. The first-order valence-electron chi connectivity index (χ1n) is 11.2. The van der Waals surface area contributed by atoms with Crippen LogP contribution in [0.5, 0.6) is 0 Å². The Bertz CT molecular complexity index is 836. The third-order valence-corrected chi connectivity index (χ3v) is 5.92. The van der Waals surface area contributed by atoms with E-state index in [0.717, 1.165) is 35.1 Å². The van der Waals surface area contributed by atoms with E-state index < -0.39 is 6.04 Å². The molecular weight excluding hydrogens is 372 g/mol. The van der Waals surface area contributed by atoms with Crippen LogP contribution in [0.25, 0.3) is 0 Å². The number of aryl methyl sites for hydroxylation is 2. The second kappa shape index (κ2) is 10.4. The van der Waals surface area contributed by atoms with Crippen molar-refractivity contribution in [3.63, 3.8) is 0 Å². The van der Waals surface area contributed by atoms with Gasteiger partial charge in [-0.25, -0.2) is 0 Å². The van der Waals surface area contributed by atoms with Crippen molar-refractivity contribution in [1.82, 2.24) is 10.2 Å². The molecule has 30 heavy (non-hydrogen) atoms. The Morgan fingerprint density at radius 1 is 1.00 bits per heavy atom. The van der Waals surface area contributed by atoms with Gasteiger partial charge in [-0.3, -0.25) is 9.59 Å². The van der Waals surface area contributed by atoms with Crippen LogP contribution in [-0.4, -0.2) is 28.8 Å². The average molecular weight is 407 g/mol. The fourth-order valence-electron chi connectivity index (χ4n) is 4.51. The minimum absolute atomic E-state index is 0.00252. The first-order chi connectivity index (χ1) is 14.5. The van der Waals surface area contributed by atoms with E-state index in [4.69, 9.17) is 0 Å². The normalized spacial score (nSPS) is 15.0. The van der Waals surface area contributed by atoms with E-state index in [2.05, 4.69) is 23.5 Å². The summed E-state index contributed by atoms with van der Waals surface area (Å²) in [5.41, 5.74) is 4.34. The summed E-state index contributed by atoms with van der Waals surface area (Å²) in [7, 11) is 0. The van der Waals surface area contributed by atoms with Gasteiger partial charge >= 0.3 is 0 Å². The highest BCUT2D eigenvalue weighted by molar-refractivity contribution is 5.88. The molecule has 1 N–H and O–H groups in total. The summed E-state index contributed by atoms with van der Waals surface area (Å²) in [5.74, 6) is -0.0219. The Morgan fingerprint density at radius 3 is 2.23 bits per heavy atom. The Morgan fingerprint density at radius 2 is 1.63 bits per heavy atom. The number of amides is 2. The second-order valence-corrected chi connectivity index (χ2v) is 8.59. The van der Waals surface area contributed by atoms with E-state index in [0.29, 0.717) is 19.4 Å². The number of nitrogens with zero attached hydrogens (tertiary/aromatic N) is 1. The van der Waals surface area contributed by atoms with Crippen molar-refractivity contribution in [2.75, 3.05) is 0 Å². The molecule has 1 saturated carbocycles. The highest BCUT2D eigenvalue weighted by atomic mass is 16.2. The lowest BCUT2D eigenvalue weighted by Gasteiger charge is -2.31. The molecule has 0 heterocycles. The lowest BCUT2D eigenvalue weighted by atomic mass is 10.0. The average Bonchev–Trinajstić information content (AvgIpc) is 3.20. The molecule has 0 saturated heterocycles. The van der Waals surface area contributed by atoms with Crippen LogP contribution in [0, 0.1) is 13.8 Å². The van der Waals surface area contributed by atoms with Gasteiger partial charge in [0.25, 0.3) is 0 Å². The summed E-state index contributed by atoms with van der Waals surface area (Å²) in [5, 5.41) is 3.20. The first-order valence-corrected chi connectivity index (χ1v) is 11.2. The molecule has 0 bridgehead atoms. The zero-order valence-electron chi connectivity index (χ0n) is 18.5. The Hall–Kier alpha value is -2.62. The Balaban J connectivity index is 1.81. The van der Waals surface area contributed by atoms with Gasteiger partial charge in [-0.1, -0.05) is 79.4 Å². The maximum Gasteiger partial charge on any atom is 0.243 e. The minimum atomic E-state index is -0.454. The number of hydrogen-bond donors (Lipinski definition) is 1. The van der Waals surface area contributed by atoms with Gasteiger partial charge < -0.3 is 10.2 Å². The summed E-state index contributed by atoms with van der Waals surface area (Å²) in [6, 6.07) is 16.0. The van der Waals surface area contributed by atoms with Gasteiger partial charge in [-0.05, 0) is 44.2 Å². The van der Waals surface area contributed by atoms with Crippen LogP contribution in [0.3, 0.4) is 0 Å². The fraction of sp³-hybridized carbons (Fsp3) is 0.462. The van der Waals surface area contributed by atoms with E-state index >= 15 is 0 Å². The third kappa shape index (κ3) is 5.94. The van der Waals surface area contributed by atoms with Crippen LogP contribution in [0.2, 0.25) is 0 Å². The minimum Gasteiger partial charge on any atom is -0.352 e. The van der Waals surface area contributed by atoms with Crippen molar-refractivity contribution in [1.29, 1.82) is 0 Å². The molecule has 4 heteroatoms. The van der Waals surface area contributed by atoms with Gasteiger partial charge in [0.05, 0.1) is 6.42 Å². The molecular formula is C26H34N2O2. The zero-order valence-corrected chi connectivity index (χ0v) is 18.5. The van der Waals surface area contributed by atoms with E-state index in [1.165, 1.54) is 12.8 Å². The van der Waals surface area contributed by atoms with Crippen LogP contribution < -0.4 is 5.32 Å². The largest absolute Gasteiger partial charge is 0.352 e. The monoisotopic (exact) mass is 406 g/mol. The molecule has 0 aromatic heterocycles. The molecule has 1 atom stereocenters. The quantitative estimate of drug-likeness (QED) is 0.690. The number of hydrogen-bond acceptors (Lipinski definition) is 2. The molecule has 0 unspecified atom stereocenters. The topological polar surface area (TPSA) is 49.4 Å². The lowest BCUT2D eigenvalue weighted by Crippen LogP contribution is -2.51. The second-order valence-electron chi connectivity index (χ2n) is 8.59. The summed E-state index contributed by atoms with van der Waals surface area (Å²) < 4.78 is 0. The SMILES string of the molecule is CC[C@@H](C(=O)NC1CCCC1)N(Cc1ccccc1)C(=O)Cc1cc(C)cc(C)c1. The van der Waals surface area contributed by atoms with E-state index in [1.54, 1.807) is 4.90 Å². The van der Waals surface area contributed by atoms with Crippen molar-refractivity contribution < 1.29 is 9.59 Å². The Kier molecular flexibility index (Phi) is 7.67. The molecule has 4 nitrogen and oxygen atoms in total.